The molecule has 0 aliphatic rings. The van der Waals surface area contributed by atoms with Crippen molar-refractivity contribution >= 4 is 18.0 Å². The van der Waals surface area contributed by atoms with Crippen LogP contribution in [0.5, 0.6) is 11.5 Å². The molecule has 0 aliphatic carbocycles. The maximum absolute atomic E-state index is 12.0. The number of benzene rings is 2. The first-order valence-electron chi connectivity index (χ1n) is 11.5. The number of esters is 2. The molecule has 0 heterocycles. The molecule has 35 heavy (non-hydrogen) atoms. The van der Waals surface area contributed by atoms with Crippen molar-refractivity contribution in [2.75, 3.05) is 13.7 Å². The van der Waals surface area contributed by atoms with Gasteiger partial charge in [0.1, 0.15) is 18.1 Å². The van der Waals surface area contributed by atoms with Crippen LogP contribution in [-0.2, 0) is 14.3 Å². The molecular formula is C30H34O5. The Morgan fingerprint density at radius 2 is 1.66 bits per heavy atom. The van der Waals surface area contributed by atoms with Crippen molar-refractivity contribution in [1.82, 2.24) is 0 Å². The maximum Gasteiger partial charge on any atom is 0.331 e. The van der Waals surface area contributed by atoms with Crippen molar-refractivity contribution < 1.29 is 23.8 Å². The zero-order valence-corrected chi connectivity index (χ0v) is 21.4. The molecule has 0 radical (unpaired) electrons. The number of para-hydroxylation sites is 1. The summed E-state index contributed by atoms with van der Waals surface area (Å²) in [5, 5.41) is 0. The van der Waals surface area contributed by atoms with E-state index in [0.717, 1.165) is 28.0 Å². The quantitative estimate of drug-likeness (QED) is 0.168. The number of hydrogen-bond acceptors (Lipinski definition) is 5. The number of aryl methyl sites for hydroxylation is 1. The summed E-state index contributed by atoms with van der Waals surface area (Å²) in [7, 11) is 1.69. The lowest BCUT2D eigenvalue weighted by atomic mass is 9.96. The molecule has 0 N–H and O–H groups in total. The fourth-order valence-electron chi connectivity index (χ4n) is 3.34. The van der Waals surface area contributed by atoms with E-state index < -0.39 is 11.9 Å². The van der Waals surface area contributed by atoms with Gasteiger partial charge in [-0.2, -0.15) is 0 Å². The van der Waals surface area contributed by atoms with Gasteiger partial charge in [-0.15, -0.1) is 0 Å². The summed E-state index contributed by atoms with van der Waals surface area (Å²) in [5.74, 6) is 0.419. The second-order valence-electron chi connectivity index (χ2n) is 8.26. The van der Waals surface area contributed by atoms with E-state index in [0.29, 0.717) is 5.75 Å². The first kappa shape index (κ1) is 27.4. The summed E-state index contributed by atoms with van der Waals surface area (Å²) in [5.41, 5.74) is 6.50. The van der Waals surface area contributed by atoms with Gasteiger partial charge in [-0.25, -0.2) is 4.79 Å². The van der Waals surface area contributed by atoms with Crippen molar-refractivity contribution in [3.8, 4) is 11.5 Å². The summed E-state index contributed by atoms with van der Waals surface area (Å²) < 4.78 is 15.7. The Morgan fingerprint density at radius 3 is 2.34 bits per heavy atom. The average molecular weight is 475 g/mol. The number of carbonyl (C=O) groups excluding carboxylic acids is 2. The number of hydrogen-bond donors (Lipinski definition) is 0. The molecule has 0 atom stereocenters. The van der Waals surface area contributed by atoms with Crippen LogP contribution >= 0.6 is 0 Å². The van der Waals surface area contributed by atoms with Gasteiger partial charge in [0.05, 0.1) is 13.5 Å². The van der Waals surface area contributed by atoms with Crippen LogP contribution in [0.15, 0.2) is 77.9 Å². The van der Waals surface area contributed by atoms with Gasteiger partial charge in [0.15, 0.2) is 0 Å². The highest BCUT2D eigenvalue weighted by Gasteiger charge is 2.08. The molecule has 0 spiro atoms. The molecule has 0 saturated heterocycles. The Labute approximate surface area is 208 Å². The second kappa shape index (κ2) is 13.8. The van der Waals surface area contributed by atoms with Crippen LogP contribution in [0.3, 0.4) is 0 Å². The van der Waals surface area contributed by atoms with Crippen LogP contribution in [0, 0.1) is 20.8 Å². The Bertz CT molecular complexity index is 1150. The van der Waals surface area contributed by atoms with Gasteiger partial charge in [-0.3, -0.25) is 4.79 Å². The van der Waals surface area contributed by atoms with E-state index in [9.17, 15) is 9.59 Å². The van der Waals surface area contributed by atoms with E-state index in [2.05, 4.69) is 39.0 Å². The van der Waals surface area contributed by atoms with Gasteiger partial charge < -0.3 is 14.2 Å². The summed E-state index contributed by atoms with van der Waals surface area (Å²) in [6, 6.07) is 10.8. The summed E-state index contributed by atoms with van der Waals surface area (Å²) >= 11 is 0. The summed E-state index contributed by atoms with van der Waals surface area (Å²) in [6.07, 6.45) is 11.2. The fourth-order valence-corrected chi connectivity index (χ4v) is 3.34. The van der Waals surface area contributed by atoms with Crippen molar-refractivity contribution in [1.29, 1.82) is 0 Å². The minimum absolute atomic E-state index is 0.00963. The number of rotatable bonds is 10. The lowest BCUT2D eigenvalue weighted by Gasteiger charge is -2.13. The van der Waals surface area contributed by atoms with E-state index in [1.165, 1.54) is 17.2 Å². The van der Waals surface area contributed by atoms with Crippen molar-refractivity contribution in [2.24, 2.45) is 0 Å². The highest BCUT2D eigenvalue weighted by atomic mass is 16.5. The normalized spacial score (nSPS) is 12.3. The second-order valence-corrected chi connectivity index (χ2v) is 8.26. The van der Waals surface area contributed by atoms with Crippen molar-refractivity contribution in [2.45, 2.75) is 41.0 Å². The number of allylic oxidation sites excluding steroid dienone is 6. The Hall–Kier alpha value is -3.86. The minimum Gasteiger partial charge on any atom is -0.496 e. The topological polar surface area (TPSA) is 61.8 Å². The number of methoxy groups -OCH3 is 1. The summed E-state index contributed by atoms with van der Waals surface area (Å²) in [6.45, 7) is 10.0. The van der Waals surface area contributed by atoms with E-state index in [1.807, 2.05) is 38.1 Å². The third-order valence-corrected chi connectivity index (χ3v) is 5.43. The SMILES string of the molecule is COc1cc(C)c(C=CC(C)=CC=CC(C)=CC(=O)OCCC(=O)Oc2ccccc2)c(C)c1C. The highest BCUT2D eigenvalue weighted by molar-refractivity contribution is 5.83. The number of carbonyl (C=O) groups is 2. The molecule has 0 aromatic heterocycles. The van der Waals surface area contributed by atoms with E-state index >= 15 is 0 Å². The standard InChI is InChI=1S/C30H34O5/c1-21(15-16-27-23(3)20-28(33-6)25(5)24(27)4)11-10-12-22(2)19-30(32)34-18-17-29(31)35-26-13-8-7-9-14-26/h7-16,19-20H,17-18H2,1-6H3. The molecule has 5 nitrogen and oxygen atoms in total. The minimum atomic E-state index is -0.499. The van der Waals surface area contributed by atoms with E-state index in [-0.39, 0.29) is 13.0 Å². The lowest BCUT2D eigenvalue weighted by Crippen LogP contribution is -2.13. The molecule has 0 unspecified atom stereocenters. The molecule has 0 aliphatic heterocycles. The third-order valence-electron chi connectivity index (χ3n) is 5.43. The largest absolute Gasteiger partial charge is 0.496 e. The molecule has 2 aromatic carbocycles. The Kier molecular flexibility index (Phi) is 10.8. The first-order chi connectivity index (χ1) is 16.7. The van der Waals surface area contributed by atoms with Crippen molar-refractivity contribution in [3.63, 3.8) is 0 Å². The van der Waals surface area contributed by atoms with Crippen LogP contribution in [0.25, 0.3) is 6.08 Å². The van der Waals surface area contributed by atoms with E-state index in [4.69, 9.17) is 14.2 Å². The molecule has 2 aromatic rings. The zero-order chi connectivity index (χ0) is 25.8. The predicted molar refractivity (Wildman–Crippen MR) is 141 cm³/mol. The average Bonchev–Trinajstić information content (AvgIpc) is 2.81. The van der Waals surface area contributed by atoms with E-state index in [1.54, 1.807) is 31.4 Å². The monoisotopic (exact) mass is 474 g/mol. The lowest BCUT2D eigenvalue weighted by molar-refractivity contribution is -0.141. The Balaban J connectivity index is 1.85. The van der Waals surface area contributed by atoms with Gasteiger partial charge >= 0.3 is 11.9 Å². The molecular weight excluding hydrogens is 440 g/mol. The molecule has 0 bridgehead atoms. The molecule has 0 amide bonds. The van der Waals surface area contributed by atoms with Crippen LogP contribution in [0.2, 0.25) is 0 Å². The zero-order valence-electron chi connectivity index (χ0n) is 21.4. The molecule has 0 fully saturated rings. The van der Waals surface area contributed by atoms with Gasteiger partial charge in [-0.05, 0) is 80.6 Å². The van der Waals surface area contributed by atoms with Gasteiger partial charge in [0, 0.05) is 6.08 Å². The molecule has 0 saturated carbocycles. The maximum atomic E-state index is 12.0. The van der Waals surface area contributed by atoms with Gasteiger partial charge in [0.2, 0.25) is 0 Å². The Morgan fingerprint density at radius 1 is 0.943 bits per heavy atom. The third kappa shape index (κ3) is 9.13. The smallest absolute Gasteiger partial charge is 0.331 e. The van der Waals surface area contributed by atoms with Crippen LogP contribution in [0.1, 0.15) is 42.5 Å². The highest BCUT2D eigenvalue weighted by Crippen LogP contribution is 2.28. The molecule has 184 valence electrons. The van der Waals surface area contributed by atoms with Crippen LogP contribution in [-0.4, -0.2) is 25.7 Å². The van der Waals surface area contributed by atoms with Gasteiger partial charge in [0.25, 0.3) is 0 Å². The van der Waals surface area contributed by atoms with Gasteiger partial charge in [-0.1, -0.05) is 54.2 Å². The molecule has 2 rings (SSSR count). The number of ether oxygens (including phenoxy) is 3. The fraction of sp³-hybridized carbons (Fsp3) is 0.267. The first-order valence-corrected chi connectivity index (χ1v) is 11.5. The summed E-state index contributed by atoms with van der Waals surface area (Å²) in [4.78, 5) is 23.8. The predicted octanol–water partition coefficient (Wildman–Crippen LogP) is 6.62. The van der Waals surface area contributed by atoms with Crippen LogP contribution in [0.4, 0.5) is 0 Å². The van der Waals surface area contributed by atoms with Crippen LogP contribution < -0.4 is 9.47 Å². The van der Waals surface area contributed by atoms with Crippen molar-refractivity contribution in [3.05, 3.63) is 100 Å². The molecule has 5 heteroatoms.